The highest BCUT2D eigenvalue weighted by molar-refractivity contribution is 5.85. The van der Waals surface area contributed by atoms with Crippen molar-refractivity contribution in [2.24, 2.45) is 11.7 Å². The highest BCUT2D eigenvalue weighted by atomic mass is 35.5. The summed E-state index contributed by atoms with van der Waals surface area (Å²) in [6, 6.07) is 0.687. The lowest BCUT2D eigenvalue weighted by Gasteiger charge is -2.27. The first kappa shape index (κ1) is 17.5. The molecule has 5 heteroatoms. The van der Waals surface area contributed by atoms with Crippen LogP contribution in [-0.2, 0) is 0 Å². The summed E-state index contributed by atoms with van der Waals surface area (Å²) < 4.78 is 0. The van der Waals surface area contributed by atoms with E-state index in [1.807, 2.05) is 0 Å². The molecular formula is C12H27Cl2N3. The molecule has 0 aromatic carbocycles. The van der Waals surface area contributed by atoms with Crippen LogP contribution in [0.4, 0.5) is 0 Å². The summed E-state index contributed by atoms with van der Waals surface area (Å²) in [5.74, 6) is 0.963. The van der Waals surface area contributed by atoms with Crippen LogP contribution < -0.4 is 11.1 Å². The highest BCUT2D eigenvalue weighted by Gasteiger charge is 2.23. The van der Waals surface area contributed by atoms with Crippen molar-refractivity contribution in [3.05, 3.63) is 0 Å². The second kappa shape index (κ2) is 9.40. The number of hydrogen-bond donors (Lipinski definition) is 2. The summed E-state index contributed by atoms with van der Waals surface area (Å²) in [5.41, 5.74) is 5.78. The number of nitrogens with zero attached hydrogens (tertiary/aromatic N) is 1. The zero-order valence-electron chi connectivity index (χ0n) is 10.6. The number of halogens is 2. The Balaban J connectivity index is 0.00000128. The minimum atomic E-state index is 0. The van der Waals surface area contributed by atoms with Crippen LogP contribution in [0.5, 0.6) is 0 Å². The summed E-state index contributed by atoms with van der Waals surface area (Å²) in [7, 11) is 0. The Hall–Kier alpha value is 0.460. The molecule has 1 unspecified atom stereocenters. The molecule has 0 saturated carbocycles. The molecule has 0 radical (unpaired) electrons. The molecule has 0 aromatic rings. The second-order valence-corrected chi connectivity index (χ2v) is 5.05. The zero-order chi connectivity index (χ0) is 10.5. The summed E-state index contributed by atoms with van der Waals surface area (Å²) in [6.07, 6.45) is 6.82. The smallest absolute Gasteiger partial charge is 0.0218 e. The van der Waals surface area contributed by atoms with E-state index in [2.05, 4.69) is 10.2 Å². The van der Waals surface area contributed by atoms with E-state index in [-0.39, 0.29) is 24.8 Å². The van der Waals surface area contributed by atoms with Crippen LogP contribution in [-0.4, -0.2) is 43.7 Å². The van der Waals surface area contributed by atoms with E-state index < -0.39 is 0 Å². The maximum atomic E-state index is 5.78. The van der Waals surface area contributed by atoms with Crippen molar-refractivity contribution in [3.63, 3.8) is 0 Å². The molecule has 2 fully saturated rings. The van der Waals surface area contributed by atoms with Crippen LogP contribution in [0, 0.1) is 5.92 Å². The summed E-state index contributed by atoms with van der Waals surface area (Å²) in [6.45, 7) is 5.88. The van der Waals surface area contributed by atoms with Crippen LogP contribution in [0.3, 0.4) is 0 Å². The van der Waals surface area contributed by atoms with Gasteiger partial charge < -0.3 is 11.1 Å². The molecule has 2 rings (SSSR count). The van der Waals surface area contributed by atoms with Gasteiger partial charge in [0.25, 0.3) is 0 Å². The minimum Gasteiger partial charge on any atom is -0.329 e. The van der Waals surface area contributed by atoms with Crippen molar-refractivity contribution in [2.45, 2.75) is 38.1 Å². The molecule has 2 heterocycles. The molecule has 1 atom stereocenters. The van der Waals surface area contributed by atoms with Gasteiger partial charge in [-0.2, -0.15) is 0 Å². The first-order valence-electron chi connectivity index (χ1n) is 6.55. The lowest BCUT2D eigenvalue weighted by molar-refractivity contribution is 0.224. The third-order valence-electron chi connectivity index (χ3n) is 4.05. The molecule has 3 nitrogen and oxygen atoms in total. The Morgan fingerprint density at radius 2 is 1.82 bits per heavy atom. The number of nitrogens with one attached hydrogen (secondary N) is 1. The van der Waals surface area contributed by atoms with Crippen molar-refractivity contribution in [2.75, 3.05) is 32.7 Å². The monoisotopic (exact) mass is 283 g/mol. The third kappa shape index (κ3) is 5.31. The fourth-order valence-electron chi connectivity index (χ4n) is 2.98. The van der Waals surface area contributed by atoms with Crippen molar-refractivity contribution in [1.29, 1.82) is 0 Å². The lowest BCUT2D eigenvalue weighted by atomic mass is 9.94. The summed E-state index contributed by atoms with van der Waals surface area (Å²) >= 11 is 0. The van der Waals surface area contributed by atoms with Gasteiger partial charge in [-0.25, -0.2) is 0 Å². The van der Waals surface area contributed by atoms with Crippen LogP contribution in [0.2, 0.25) is 0 Å². The van der Waals surface area contributed by atoms with Crippen molar-refractivity contribution in [3.8, 4) is 0 Å². The molecule has 0 aromatic heterocycles. The molecule has 104 valence electrons. The fraction of sp³-hybridized carbons (Fsp3) is 1.00. The van der Waals surface area contributed by atoms with E-state index >= 15 is 0 Å². The molecule has 0 aliphatic carbocycles. The zero-order valence-corrected chi connectivity index (χ0v) is 12.2. The van der Waals surface area contributed by atoms with Gasteiger partial charge in [-0.05, 0) is 64.2 Å². The van der Waals surface area contributed by atoms with Crippen LogP contribution in [0.15, 0.2) is 0 Å². The first-order chi connectivity index (χ1) is 7.40. The normalized spacial score (nSPS) is 26.3. The summed E-state index contributed by atoms with van der Waals surface area (Å²) in [4.78, 5) is 2.61. The van der Waals surface area contributed by atoms with Crippen LogP contribution >= 0.6 is 24.8 Å². The largest absolute Gasteiger partial charge is 0.329 e. The number of piperidine rings is 1. The number of hydrogen-bond acceptors (Lipinski definition) is 3. The molecule has 3 N–H and O–H groups in total. The maximum absolute atomic E-state index is 5.78. The van der Waals surface area contributed by atoms with Gasteiger partial charge in [0.1, 0.15) is 0 Å². The lowest BCUT2D eigenvalue weighted by Crippen LogP contribution is -2.37. The highest BCUT2D eigenvalue weighted by Crippen LogP contribution is 2.21. The topological polar surface area (TPSA) is 41.3 Å². The number of nitrogens with two attached hydrogens (primary N) is 1. The Labute approximate surface area is 118 Å². The van der Waals surface area contributed by atoms with Gasteiger partial charge >= 0.3 is 0 Å². The third-order valence-corrected chi connectivity index (χ3v) is 4.05. The number of rotatable bonds is 4. The minimum absolute atomic E-state index is 0. The van der Waals surface area contributed by atoms with Crippen molar-refractivity contribution < 1.29 is 0 Å². The van der Waals surface area contributed by atoms with Crippen LogP contribution in [0.1, 0.15) is 32.1 Å². The molecule has 0 amide bonds. The van der Waals surface area contributed by atoms with E-state index in [1.54, 1.807) is 0 Å². The van der Waals surface area contributed by atoms with Gasteiger partial charge in [0.15, 0.2) is 0 Å². The van der Waals surface area contributed by atoms with Gasteiger partial charge in [-0.15, -0.1) is 24.8 Å². The quantitative estimate of drug-likeness (QED) is 0.824. The first-order valence-corrected chi connectivity index (χ1v) is 6.55. The molecule has 0 bridgehead atoms. The van der Waals surface area contributed by atoms with Gasteiger partial charge in [0.2, 0.25) is 0 Å². The van der Waals surface area contributed by atoms with Gasteiger partial charge in [0, 0.05) is 12.6 Å². The molecule has 2 aliphatic rings. The van der Waals surface area contributed by atoms with E-state index in [0.717, 1.165) is 12.5 Å². The SMILES string of the molecule is Cl.Cl.NCC1CCCN1CCC1CCNCC1. The Morgan fingerprint density at radius 1 is 1.12 bits per heavy atom. The molecular weight excluding hydrogens is 257 g/mol. The second-order valence-electron chi connectivity index (χ2n) is 5.05. The average molecular weight is 284 g/mol. The van der Waals surface area contributed by atoms with Gasteiger partial charge in [-0.1, -0.05) is 0 Å². The number of likely N-dealkylation sites (tertiary alicyclic amines) is 1. The molecule has 2 saturated heterocycles. The van der Waals surface area contributed by atoms with Crippen molar-refractivity contribution >= 4 is 24.8 Å². The van der Waals surface area contributed by atoms with E-state index in [9.17, 15) is 0 Å². The Kier molecular flexibility index (Phi) is 9.65. The van der Waals surface area contributed by atoms with Gasteiger partial charge in [0.05, 0.1) is 0 Å². The Morgan fingerprint density at radius 3 is 2.47 bits per heavy atom. The van der Waals surface area contributed by atoms with E-state index in [1.165, 1.54) is 58.3 Å². The predicted molar refractivity (Wildman–Crippen MR) is 78.4 cm³/mol. The molecule has 0 spiro atoms. The Bertz CT molecular complexity index is 187. The van der Waals surface area contributed by atoms with E-state index in [0.29, 0.717) is 6.04 Å². The average Bonchev–Trinajstić information content (AvgIpc) is 2.75. The van der Waals surface area contributed by atoms with E-state index in [4.69, 9.17) is 5.73 Å². The van der Waals surface area contributed by atoms with Crippen molar-refractivity contribution in [1.82, 2.24) is 10.2 Å². The standard InChI is InChI=1S/C12H25N3.2ClH/c13-10-12-2-1-8-15(12)9-5-11-3-6-14-7-4-11;;/h11-12,14H,1-10,13H2;2*1H. The fourth-order valence-corrected chi connectivity index (χ4v) is 2.98. The predicted octanol–water partition coefficient (Wildman–Crippen LogP) is 1.64. The molecule has 17 heavy (non-hydrogen) atoms. The summed E-state index contributed by atoms with van der Waals surface area (Å²) in [5, 5.41) is 3.43. The molecule has 2 aliphatic heterocycles. The van der Waals surface area contributed by atoms with Crippen LogP contribution in [0.25, 0.3) is 0 Å². The van der Waals surface area contributed by atoms with Gasteiger partial charge in [-0.3, -0.25) is 4.90 Å². The maximum Gasteiger partial charge on any atom is 0.0218 e.